The molecular formula is C30H26NO5. The molecule has 0 saturated carbocycles. The Morgan fingerprint density at radius 3 is 2.17 bits per heavy atom. The Hall–Kier alpha value is -4.45. The van der Waals surface area contributed by atoms with Crippen molar-refractivity contribution in [2.24, 2.45) is 0 Å². The Bertz CT molecular complexity index is 1370. The number of alkyl carbamates (subject to hydrolysis) is 1. The van der Waals surface area contributed by atoms with Crippen LogP contribution in [0.4, 0.5) is 4.79 Å². The zero-order chi connectivity index (χ0) is 25.1. The molecule has 0 saturated heterocycles. The first-order chi connectivity index (χ1) is 17.6. The SMILES string of the molecule is COc1ccc(-c2ccc([O])c(CNC(=O)OCC3c4ccccc4-c4ccccc43)c2)c(OC)c1. The number of hydrogen-bond acceptors (Lipinski definition) is 4. The van der Waals surface area contributed by atoms with Gasteiger partial charge in [0, 0.05) is 29.7 Å². The molecule has 6 nitrogen and oxygen atoms in total. The molecule has 0 heterocycles. The minimum atomic E-state index is -0.566. The third kappa shape index (κ3) is 4.45. The lowest BCUT2D eigenvalue weighted by Gasteiger charge is -2.15. The van der Waals surface area contributed by atoms with E-state index in [2.05, 4.69) is 29.6 Å². The third-order valence-corrected chi connectivity index (χ3v) is 6.55. The Labute approximate surface area is 210 Å². The van der Waals surface area contributed by atoms with Crippen LogP contribution in [0.15, 0.2) is 84.9 Å². The van der Waals surface area contributed by atoms with Crippen molar-refractivity contribution in [3.05, 3.63) is 102 Å². The number of benzene rings is 4. The second-order valence-corrected chi connectivity index (χ2v) is 8.57. The maximum absolute atomic E-state index is 12.6. The molecule has 1 N–H and O–H groups in total. The second-order valence-electron chi connectivity index (χ2n) is 8.57. The Morgan fingerprint density at radius 1 is 0.806 bits per heavy atom. The predicted octanol–water partition coefficient (Wildman–Crippen LogP) is 6.55. The number of amides is 1. The van der Waals surface area contributed by atoms with Gasteiger partial charge in [0.25, 0.3) is 0 Å². The number of carbonyl (C=O) groups excluding carboxylic acids is 1. The van der Waals surface area contributed by atoms with Crippen molar-refractivity contribution in [2.75, 3.05) is 20.8 Å². The number of rotatable bonds is 7. The summed E-state index contributed by atoms with van der Waals surface area (Å²) in [6, 6.07) is 26.8. The number of nitrogens with one attached hydrogen (secondary N) is 1. The molecule has 0 spiro atoms. The smallest absolute Gasteiger partial charge is 0.407 e. The highest BCUT2D eigenvalue weighted by atomic mass is 16.5. The minimum absolute atomic E-state index is 0.0240. The van der Waals surface area contributed by atoms with Crippen LogP contribution in [-0.2, 0) is 16.4 Å². The molecule has 1 aliphatic carbocycles. The summed E-state index contributed by atoms with van der Waals surface area (Å²) in [5.74, 6) is 1.12. The summed E-state index contributed by atoms with van der Waals surface area (Å²) in [4.78, 5) is 12.6. The van der Waals surface area contributed by atoms with E-state index in [1.807, 2.05) is 36.4 Å². The molecule has 1 radical (unpaired) electrons. The van der Waals surface area contributed by atoms with Crippen LogP contribution in [0.1, 0.15) is 22.6 Å². The molecule has 4 aromatic carbocycles. The number of hydrogen-bond donors (Lipinski definition) is 1. The monoisotopic (exact) mass is 480 g/mol. The van der Waals surface area contributed by atoms with Crippen LogP contribution in [0.3, 0.4) is 0 Å². The van der Waals surface area contributed by atoms with E-state index in [1.54, 1.807) is 32.4 Å². The van der Waals surface area contributed by atoms with Gasteiger partial charge in [0.15, 0.2) is 5.75 Å². The van der Waals surface area contributed by atoms with E-state index in [0.29, 0.717) is 17.1 Å². The molecule has 0 aliphatic heterocycles. The Kier molecular flexibility index (Phi) is 6.50. The van der Waals surface area contributed by atoms with Crippen LogP contribution in [0, 0.1) is 0 Å². The van der Waals surface area contributed by atoms with E-state index in [9.17, 15) is 9.90 Å². The number of fused-ring (bicyclic) bond motifs is 3. The molecule has 1 aliphatic rings. The Morgan fingerprint density at radius 2 is 1.50 bits per heavy atom. The molecule has 0 aromatic heterocycles. The van der Waals surface area contributed by atoms with Gasteiger partial charge in [-0.2, -0.15) is 0 Å². The minimum Gasteiger partial charge on any atom is -0.497 e. The molecule has 0 bridgehead atoms. The molecule has 5 rings (SSSR count). The van der Waals surface area contributed by atoms with E-state index in [1.165, 1.54) is 17.2 Å². The second kappa shape index (κ2) is 10.0. The van der Waals surface area contributed by atoms with Crippen molar-refractivity contribution >= 4 is 6.09 Å². The first kappa shape index (κ1) is 23.3. The van der Waals surface area contributed by atoms with Gasteiger partial charge in [-0.15, -0.1) is 0 Å². The van der Waals surface area contributed by atoms with Crippen molar-refractivity contribution in [3.8, 4) is 39.5 Å². The van der Waals surface area contributed by atoms with E-state index >= 15 is 0 Å². The molecule has 0 unspecified atom stereocenters. The summed E-state index contributed by atoms with van der Waals surface area (Å²) < 4.78 is 16.3. The fourth-order valence-electron chi connectivity index (χ4n) is 4.74. The fourth-order valence-corrected chi connectivity index (χ4v) is 4.74. The van der Waals surface area contributed by atoms with Crippen molar-refractivity contribution in [3.63, 3.8) is 0 Å². The first-order valence-electron chi connectivity index (χ1n) is 11.7. The molecule has 1 amide bonds. The van der Waals surface area contributed by atoms with Crippen LogP contribution in [-0.4, -0.2) is 26.9 Å². The lowest BCUT2D eigenvalue weighted by atomic mass is 9.98. The van der Waals surface area contributed by atoms with Gasteiger partial charge in [0.2, 0.25) is 0 Å². The van der Waals surface area contributed by atoms with Crippen molar-refractivity contribution in [1.82, 2.24) is 5.32 Å². The summed E-state index contributed by atoms with van der Waals surface area (Å²) in [5.41, 5.74) is 6.72. The van der Waals surface area contributed by atoms with Crippen molar-refractivity contribution in [2.45, 2.75) is 12.5 Å². The normalized spacial score (nSPS) is 11.9. The largest absolute Gasteiger partial charge is 0.497 e. The maximum Gasteiger partial charge on any atom is 0.407 e. The summed E-state index contributed by atoms with van der Waals surface area (Å²) in [6.07, 6.45) is -0.566. The van der Waals surface area contributed by atoms with Gasteiger partial charge in [-0.05, 0) is 52.1 Å². The van der Waals surface area contributed by atoms with Crippen LogP contribution in [0.5, 0.6) is 17.2 Å². The summed E-state index contributed by atoms with van der Waals surface area (Å²) in [5, 5.41) is 15.2. The van der Waals surface area contributed by atoms with E-state index in [-0.39, 0.29) is 24.8 Å². The highest BCUT2D eigenvalue weighted by Crippen LogP contribution is 2.44. The topological polar surface area (TPSA) is 76.7 Å². The van der Waals surface area contributed by atoms with Gasteiger partial charge in [0.1, 0.15) is 18.1 Å². The van der Waals surface area contributed by atoms with E-state index < -0.39 is 6.09 Å². The fraction of sp³-hybridized carbons (Fsp3) is 0.167. The van der Waals surface area contributed by atoms with Crippen LogP contribution in [0.2, 0.25) is 0 Å². The number of ether oxygens (including phenoxy) is 3. The third-order valence-electron chi connectivity index (χ3n) is 6.55. The quantitative estimate of drug-likeness (QED) is 0.325. The van der Waals surface area contributed by atoms with Gasteiger partial charge in [-0.25, -0.2) is 4.79 Å². The lowest BCUT2D eigenvalue weighted by Crippen LogP contribution is -2.25. The maximum atomic E-state index is 12.6. The lowest BCUT2D eigenvalue weighted by molar-refractivity contribution is 0.142. The molecule has 181 valence electrons. The average molecular weight is 481 g/mol. The predicted molar refractivity (Wildman–Crippen MR) is 137 cm³/mol. The molecule has 36 heavy (non-hydrogen) atoms. The summed E-state index contributed by atoms with van der Waals surface area (Å²) in [6.45, 7) is 0.273. The van der Waals surface area contributed by atoms with E-state index in [4.69, 9.17) is 14.2 Å². The summed E-state index contributed by atoms with van der Waals surface area (Å²) >= 11 is 0. The van der Waals surface area contributed by atoms with Gasteiger partial charge in [-0.1, -0.05) is 54.6 Å². The highest BCUT2D eigenvalue weighted by Gasteiger charge is 2.29. The van der Waals surface area contributed by atoms with Gasteiger partial charge >= 0.3 is 6.09 Å². The van der Waals surface area contributed by atoms with Gasteiger partial charge in [-0.3, -0.25) is 5.11 Å². The van der Waals surface area contributed by atoms with Crippen LogP contribution >= 0.6 is 0 Å². The molecule has 6 heteroatoms. The zero-order valence-electron chi connectivity index (χ0n) is 20.1. The molecular weight excluding hydrogens is 454 g/mol. The van der Waals surface area contributed by atoms with Crippen molar-refractivity contribution in [1.29, 1.82) is 0 Å². The van der Waals surface area contributed by atoms with E-state index in [0.717, 1.165) is 22.3 Å². The molecule has 0 fully saturated rings. The number of carbonyl (C=O) groups is 1. The van der Waals surface area contributed by atoms with Gasteiger partial charge < -0.3 is 19.5 Å². The zero-order valence-corrected chi connectivity index (χ0v) is 20.1. The van der Waals surface area contributed by atoms with Crippen LogP contribution in [0.25, 0.3) is 22.3 Å². The standard InChI is InChI=1S/C30H26NO5/c1-34-21-12-13-22(29(16-21)35-2)19-11-14-28(32)20(15-19)17-31-30(33)36-18-27-25-9-5-3-7-23(25)24-8-4-6-10-26(24)27/h3-16,27H,17-18H2,1-2H3,(H,31,33). The van der Waals surface area contributed by atoms with Crippen LogP contribution < -0.4 is 14.8 Å². The van der Waals surface area contributed by atoms with Crippen molar-refractivity contribution < 1.29 is 24.1 Å². The molecule has 0 atom stereocenters. The summed E-state index contributed by atoms with van der Waals surface area (Å²) in [7, 11) is 3.17. The highest BCUT2D eigenvalue weighted by molar-refractivity contribution is 5.79. The average Bonchev–Trinajstić information content (AvgIpc) is 3.24. The first-order valence-corrected chi connectivity index (χ1v) is 11.7. The van der Waals surface area contributed by atoms with Gasteiger partial charge in [0.05, 0.1) is 14.2 Å². The Balaban J connectivity index is 1.27. The number of methoxy groups -OCH3 is 2. The molecule has 4 aromatic rings.